The summed E-state index contributed by atoms with van der Waals surface area (Å²) in [6, 6.07) is 6.73. The fourth-order valence-electron chi connectivity index (χ4n) is 4.65. The highest BCUT2D eigenvalue weighted by Gasteiger charge is 2.34. The van der Waals surface area contributed by atoms with E-state index in [1.54, 1.807) is 24.3 Å². The number of ether oxygens (including phenoxy) is 9. The highest BCUT2D eigenvalue weighted by molar-refractivity contribution is 5.90. The van der Waals surface area contributed by atoms with E-state index in [0.717, 1.165) is 6.08 Å². The molecule has 2 aromatic rings. The number of aliphatic carboxylic acids is 1. The molecule has 2 atom stereocenters. The molecule has 0 spiro atoms. The maximum absolute atomic E-state index is 11.8. The molecule has 316 valence electrons. The Morgan fingerprint density at radius 3 is 1.37 bits per heavy atom. The lowest BCUT2D eigenvalue weighted by Crippen LogP contribution is -2.16. The number of benzene rings is 2. The Morgan fingerprint density at radius 2 is 1.04 bits per heavy atom. The lowest BCUT2D eigenvalue weighted by molar-refractivity contribution is -0.144. The minimum Gasteiger partial charge on any atom is -0.505 e. The second-order valence-corrected chi connectivity index (χ2v) is 10.6. The Labute approximate surface area is 325 Å². The zero-order chi connectivity index (χ0) is 41.2. The first-order chi connectivity index (χ1) is 26.2. The van der Waals surface area contributed by atoms with E-state index >= 15 is 0 Å². The van der Waals surface area contributed by atoms with E-state index in [-0.39, 0.29) is 37.0 Å². The van der Waals surface area contributed by atoms with Gasteiger partial charge in [-0.2, -0.15) is 0 Å². The number of esters is 3. The molecule has 21 nitrogen and oxygen atoms in total. The quantitative estimate of drug-likeness (QED) is 0.0846. The van der Waals surface area contributed by atoms with Crippen LogP contribution in [0.3, 0.4) is 0 Å². The molecule has 0 amide bonds. The van der Waals surface area contributed by atoms with E-state index in [1.807, 2.05) is 0 Å². The molecule has 0 bridgehead atoms. The predicted octanol–water partition coefficient (Wildman–Crippen LogP) is 1.69. The molecule has 10 N–H and O–H groups in total. The van der Waals surface area contributed by atoms with E-state index in [0.29, 0.717) is 45.6 Å². The van der Waals surface area contributed by atoms with Crippen LogP contribution in [0, 0.1) is 0 Å². The summed E-state index contributed by atoms with van der Waals surface area (Å²) in [4.78, 5) is 43.9. The van der Waals surface area contributed by atoms with Crippen molar-refractivity contribution in [1.82, 2.24) is 0 Å². The Kier molecular flexibility index (Phi) is 21.6. The third-order valence-electron chi connectivity index (χ3n) is 7.27. The summed E-state index contributed by atoms with van der Waals surface area (Å²) in [6.07, 6.45) is 3.35. The number of hydrogen-bond acceptors (Lipinski definition) is 18. The average molecular weight is 815 g/mol. The van der Waals surface area contributed by atoms with Gasteiger partial charge in [0.15, 0.2) is 46.7 Å². The van der Waals surface area contributed by atoms with Crippen LogP contribution in [0.5, 0.6) is 34.5 Å². The first kappa shape index (κ1) is 50.2. The van der Waals surface area contributed by atoms with Gasteiger partial charge in [0.2, 0.25) is 23.0 Å². The number of carboxylic acid groups (broad SMARTS) is 1. The number of aliphatic hydroxyl groups excluding tert-OH is 5. The fourth-order valence-corrected chi connectivity index (χ4v) is 4.65. The maximum Gasteiger partial charge on any atom is 0.377 e. The molecule has 57 heavy (non-hydrogen) atoms. The topological polar surface area (TPSA) is 336 Å². The summed E-state index contributed by atoms with van der Waals surface area (Å²) < 4.78 is 45.4. The van der Waals surface area contributed by atoms with Gasteiger partial charge in [0, 0.05) is 42.7 Å². The maximum atomic E-state index is 11.8. The van der Waals surface area contributed by atoms with Gasteiger partial charge < -0.3 is 84.2 Å². The van der Waals surface area contributed by atoms with Gasteiger partial charge in [0.05, 0.1) is 49.3 Å². The number of rotatable bonds is 15. The minimum atomic E-state index is -1.03. The highest BCUT2D eigenvalue weighted by Crippen LogP contribution is 2.41. The van der Waals surface area contributed by atoms with Gasteiger partial charge in [-0.25, -0.2) is 19.2 Å². The molecule has 2 aliphatic rings. The van der Waals surface area contributed by atoms with Gasteiger partial charge in [-0.3, -0.25) is 0 Å². The van der Waals surface area contributed by atoms with Crippen molar-refractivity contribution in [3.05, 3.63) is 70.6 Å². The van der Waals surface area contributed by atoms with Crippen molar-refractivity contribution in [2.75, 3.05) is 55.9 Å². The fraction of sp³-hybridized carbons (Fsp3) is 0.333. The average Bonchev–Trinajstić information content (AvgIpc) is 3.57. The van der Waals surface area contributed by atoms with Crippen molar-refractivity contribution in [1.29, 1.82) is 0 Å². The largest absolute Gasteiger partial charge is 0.505 e. The van der Waals surface area contributed by atoms with Gasteiger partial charge in [-0.15, -0.1) is 0 Å². The van der Waals surface area contributed by atoms with Crippen LogP contribution in [0.25, 0.3) is 12.2 Å². The first-order valence-electron chi connectivity index (χ1n) is 15.8. The van der Waals surface area contributed by atoms with Crippen molar-refractivity contribution >= 4 is 36.0 Å². The van der Waals surface area contributed by atoms with E-state index in [2.05, 4.69) is 4.74 Å². The molecular weight excluding hydrogens is 768 g/mol. The summed E-state index contributed by atoms with van der Waals surface area (Å²) in [7, 11) is 8.92. The van der Waals surface area contributed by atoms with E-state index in [9.17, 15) is 29.4 Å². The molecule has 0 fully saturated rings. The van der Waals surface area contributed by atoms with Gasteiger partial charge in [0.25, 0.3) is 0 Å². The summed E-state index contributed by atoms with van der Waals surface area (Å²) in [6.45, 7) is -0.336. The van der Waals surface area contributed by atoms with E-state index in [4.69, 9.17) is 58.3 Å². The third kappa shape index (κ3) is 13.5. The predicted molar refractivity (Wildman–Crippen MR) is 197 cm³/mol. The molecular formula is C36H46O21. The van der Waals surface area contributed by atoms with Gasteiger partial charge >= 0.3 is 23.9 Å². The molecule has 21 heteroatoms. The van der Waals surface area contributed by atoms with Crippen molar-refractivity contribution < 1.29 is 103 Å². The SMILES string of the molecule is COc1ccc(/C=C/C(=O)O)c(OC)c1OC.COc1ccc(/C=C/C(=O)OCC[C@H]2OC(=O)C(O)=C2O)c(OC)c1OC.O.O.O=C1O[C@H](CCO)C(O)=C1O. The third-order valence-corrected chi connectivity index (χ3v) is 7.27. The number of methoxy groups -OCH3 is 6. The number of carbonyl (C=O) groups excluding carboxylic acids is 3. The Hall–Kier alpha value is -6.84. The number of carboxylic acids is 1. The zero-order valence-corrected chi connectivity index (χ0v) is 31.6. The standard InChI is InChI=1S/C18H20O9.C12H14O5.C6H8O5.2H2O/c1-23-12-6-4-10(16(24-2)17(12)25-3)5-7-13(19)26-9-8-11-14(20)15(21)18(22)27-11;1-15-9-6-4-8(5-7-10(13)14)11(16-2)12(9)17-3;7-2-1-3-4(8)5(9)6(10)11-3;;/h4-7,11,20-21H,8-9H2,1-3H3;4-7H,1-3H3,(H,13,14);3,7-9H,1-2H2;2*1H2/b2*7-5+;;;/t11-;;3-;;/m1.1../s1. The summed E-state index contributed by atoms with van der Waals surface area (Å²) in [5.41, 5.74) is 1.18. The summed E-state index contributed by atoms with van der Waals surface area (Å²) in [5, 5.41) is 53.3. The monoisotopic (exact) mass is 814 g/mol. The lowest BCUT2D eigenvalue weighted by atomic mass is 10.1. The van der Waals surface area contributed by atoms with Crippen LogP contribution < -0.4 is 28.4 Å². The highest BCUT2D eigenvalue weighted by atomic mass is 16.6. The second-order valence-electron chi connectivity index (χ2n) is 10.6. The Bertz CT molecular complexity index is 1810. The number of cyclic esters (lactones) is 2. The molecule has 2 aromatic carbocycles. The first-order valence-corrected chi connectivity index (χ1v) is 15.8. The van der Waals surface area contributed by atoms with Gasteiger partial charge in [0.1, 0.15) is 0 Å². The zero-order valence-electron chi connectivity index (χ0n) is 31.6. The van der Waals surface area contributed by atoms with Crippen LogP contribution in [0.4, 0.5) is 0 Å². The van der Waals surface area contributed by atoms with Crippen LogP contribution in [0.15, 0.2) is 59.5 Å². The van der Waals surface area contributed by atoms with Crippen molar-refractivity contribution in [3.8, 4) is 34.5 Å². The Balaban J connectivity index is 0.000000895. The molecule has 4 rings (SSSR count). The van der Waals surface area contributed by atoms with Crippen molar-refractivity contribution in [2.45, 2.75) is 25.0 Å². The molecule has 2 aliphatic heterocycles. The summed E-state index contributed by atoms with van der Waals surface area (Å²) in [5.74, 6) is -3.62. The molecule has 0 radical (unpaired) electrons. The van der Waals surface area contributed by atoms with E-state index < -0.39 is 59.1 Å². The number of hydrogen-bond donors (Lipinski definition) is 6. The van der Waals surface area contributed by atoms with Crippen LogP contribution in [0.2, 0.25) is 0 Å². The van der Waals surface area contributed by atoms with Crippen molar-refractivity contribution in [3.63, 3.8) is 0 Å². The van der Waals surface area contributed by atoms with Crippen LogP contribution >= 0.6 is 0 Å². The van der Waals surface area contributed by atoms with Crippen LogP contribution in [-0.2, 0) is 33.4 Å². The molecule has 0 saturated carbocycles. The number of carbonyl (C=O) groups is 4. The molecule has 0 saturated heterocycles. The smallest absolute Gasteiger partial charge is 0.377 e. The molecule has 2 heterocycles. The normalized spacial score (nSPS) is 15.5. The Morgan fingerprint density at radius 1 is 0.632 bits per heavy atom. The minimum absolute atomic E-state index is 0. The number of aliphatic hydroxyl groups is 5. The van der Waals surface area contributed by atoms with E-state index in [1.165, 1.54) is 60.9 Å². The van der Waals surface area contributed by atoms with Crippen LogP contribution in [-0.4, -0.2) is 134 Å². The van der Waals surface area contributed by atoms with Gasteiger partial charge in [-0.05, 0) is 36.4 Å². The summed E-state index contributed by atoms with van der Waals surface area (Å²) >= 11 is 0. The molecule has 0 aliphatic carbocycles. The lowest BCUT2D eigenvalue weighted by Gasteiger charge is -2.14. The van der Waals surface area contributed by atoms with Crippen LogP contribution in [0.1, 0.15) is 24.0 Å². The van der Waals surface area contributed by atoms with Gasteiger partial charge in [-0.1, -0.05) is 0 Å². The molecule has 0 aromatic heterocycles. The van der Waals surface area contributed by atoms with Crippen molar-refractivity contribution in [2.24, 2.45) is 0 Å². The molecule has 0 unspecified atom stereocenters. The second kappa shape index (κ2) is 24.5.